The smallest absolute Gasteiger partial charge is 0.163 e. The summed E-state index contributed by atoms with van der Waals surface area (Å²) in [6, 6.07) is 0. The third-order valence-electron chi connectivity index (χ3n) is 2.63. The normalized spacial score (nSPS) is 22.1. The minimum absolute atomic E-state index is 0.00653. The number of rotatable bonds is 12. The predicted molar refractivity (Wildman–Crippen MR) is 73.9 cm³/mol. The Morgan fingerprint density at radius 3 is 2.15 bits per heavy atom. The van der Waals surface area contributed by atoms with Crippen LogP contribution in [0.1, 0.15) is 22.1 Å². The fourth-order valence-electron chi connectivity index (χ4n) is 1.72. The van der Waals surface area contributed by atoms with Crippen LogP contribution in [0.5, 0.6) is 0 Å². The van der Waals surface area contributed by atoms with Crippen LogP contribution in [0.15, 0.2) is 0 Å². The van der Waals surface area contributed by atoms with Gasteiger partial charge in [0.2, 0.25) is 0 Å². The molecule has 0 aliphatic carbocycles. The van der Waals surface area contributed by atoms with Crippen molar-refractivity contribution < 1.29 is 29.8 Å². The summed E-state index contributed by atoms with van der Waals surface area (Å²) in [5.74, 6) is -0.494. The molecule has 0 aromatic rings. The molecular formula is C14H28O6. The first-order valence-electron chi connectivity index (χ1n) is 7.77. The molecule has 6 nitrogen and oxygen atoms in total. The summed E-state index contributed by atoms with van der Waals surface area (Å²) in [7, 11) is 0. The van der Waals surface area contributed by atoms with Crippen molar-refractivity contribution in [2.45, 2.75) is 32.6 Å². The van der Waals surface area contributed by atoms with Crippen molar-refractivity contribution in [1.82, 2.24) is 0 Å². The van der Waals surface area contributed by atoms with Gasteiger partial charge in [-0.15, -0.1) is 0 Å². The first-order chi connectivity index (χ1) is 10.1. The molecule has 0 unspecified atom stereocenters. The molecule has 1 fully saturated rings. The third kappa shape index (κ3) is 8.84. The van der Waals surface area contributed by atoms with Crippen LogP contribution in [-0.2, 0) is 28.4 Å². The van der Waals surface area contributed by atoms with E-state index in [1.54, 1.807) is 0 Å². The molecule has 20 heavy (non-hydrogen) atoms. The average Bonchev–Trinajstić information content (AvgIpc) is 2.79. The summed E-state index contributed by atoms with van der Waals surface area (Å²) >= 11 is 0. The van der Waals surface area contributed by atoms with Crippen molar-refractivity contribution in [2.75, 3.05) is 59.5 Å². The van der Waals surface area contributed by atoms with Crippen LogP contribution >= 0.6 is 0 Å². The number of ether oxygens (including phenoxy) is 6. The van der Waals surface area contributed by atoms with E-state index < -0.39 is 5.79 Å². The molecule has 1 aliphatic heterocycles. The van der Waals surface area contributed by atoms with Gasteiger partial charge in [0.1, 0.15) is 6.10 Å². The Labute approximate surface area is 123 Å². The van der Waals surface area contributed by atoms with Gasteiger partial charge in [0.25, 0.3) is 0 Å². The zero-order valence-corrected chi connectivity index (χ0v) is 12.6. The standard InChI is InChI=1S/C14H28O6/c1-4-15-5-6-16-7-8-17-9-10-18-11-13-12-19-14(2,3)20-13/h13H,4-12H2,1-3H3/t13-/m1/s1/i1D. The zero-order valence-electron chi connectivity index (χ0n) is 13.6. The van der Waals surface area contributed by atoms with Crippen molar-refractivity contribution in [3.05, 3.63) is 0 Å². The molecule has 0 aromatic heterocycles. The molecule has 0 saturated carbocycles. The van der Waals surface area contributed by atoms with Crippen LogP contribution in [0.4, 0.5) is 0 Å². The van der Waals surface area contributed by atoms with Crippen LogP contribution in [0.25, 0.3) is 0 Å². The van der Waals surface area contributed by atoms with Crippen molar-refractivity contribution in [3.8, 4) is 0 Å². The molecule has 0 aromatic carbocycles. The molecule has 0 amide bonds. The van der Waals surface area contributed by atoms with Crippen LogP contribution in [-0.4, -0.2) is 71.4 Å². The lowest BCUT2D eigenvalue weighted by atomic mass is 10.4. The second-order valence-corrected chi connectivity index (χ2v) is 4.86. The minimum Gasteiger partial charge on any atom is -0.379 e. The minimum atomic E-state index is -0.494. The molecule has 1 aliphatic rings. The quantitative estimate of drug-likeness (QED) is 0.504. The molecule has 0 radical (unpaired) electrons. The van der Waals surface area contributed by atoms with Gasteiger partial charge >= 0.3 is 0 Å². The van der Waals surface area contributed by atoms with Gasteiger partial charge in [0.15, 0.2) is 5.79 Å². The average molecular weight is 293 g/mol. The van der Waals surface area contributed by atoms with Gasteiger partial charge in [-0.05, 0) is 20.7 Å². The Kier molecular flexibility index (Phi) is 8.46. The highest BCUT2D eigenvalue weighted by atomic mass is 16.7. The van der Waals surface area contributed by atoms with Crippen molar-refractivity contribution in [1.29, 1.82) is 0 Å². The molecule has 1 atom stereocenters. The summed E-state index contributed by atoms with van der Waals surface area (Å²) in [6.07, 6.45) is 0.00653. The van der Waals surface area contributed by atoms with Crippen molar-refractivity contribution >= 4 is 0 Å². The third-order valence-corrected chi connectivity index (χ3v) is 2.63. The monoisotopic (exact) mass is 293 g/mol. The number of hydrogen-bond acceptors (Lipinski definition) is 6. The Balaban J connectivity index is 1.75. The summed E-state index contributed by atoms with van der Waals surface area (Å²) in [4.78, 5) is 0. The lowest BCUT2D eigenvalue weighted by Crippen LogP contribution is -2.24. The maximum absolute atomic E-state index is 6.89. The molecule has 120 valence electrons. The van der Waals surface area contributed by atoms with Crippen LogP contribution < -0.4 is 0 Å². The van der Waals surface area contributed by atoms with Gasteiger partial charge in [-0.3, -0.25) is 0 Å². The van der Waals surface area contributed by atoms with Crippen molar-refractivity contribution in [2.24, 2.45) is 0 Å². The molecule has 0 N–H and O–H groups in total. The fraction of sp³-hybridized carbons (Fsp3) is 1.00. The summed E-state index contributed by atoms with van der Waals surface area (Å²) < 4.78 is 39.2. The van der Waals surface area contributed by atoms with E-state index in [0.29, 0.717) is 66.4 Å². The largest absolute Gasteiger partial charge is 0.379 e. The van der Waals surface area contributed by atoms with Crippen LogP contribution in [0.3, 0.4) is 0 Å². The highest BCUT2D eigenvalue weighted by molar-refractivity contribution is 4.70. The maximum atomic E-state index is 6.89. The van der Waals surface area contributed by atoms with E-state index in [4.69, 9.17) is 29.8 Å². The number of hydrogen-bond donors (Lipinski definition) is 0. The highest BCUT2D eigenvalue weighted by Crippen LogP contribution is 2.22. The van der Waals surface area contributed by atoms with Gasteiger partial charge in [-0.25, -0.2) is 0 Å². The van der Waals surface area contributed by atoms with Gasteiger partial charge in [-0.1, -0.05) is 0 Å². The van der Waals surface area contributed by atoms with E-state index in [2.05, 4.69) is 0 Å². The van der Waals surface area contributed by atoms with Gasteiger partial charge < -0.3 is 28.4 Å². The molecule has 1 saturated heterocycles. The lowest BCUT2D eigenvalue weighted by molar-refractivity contribution is -0.145. The highest BCUT2D eigenvalue weighted by Gasteiger charge is 2.32. The first kappa shape index (κ1) is 16.1. The van der Waals surface area contributed by atoms with E-state index in [1.807, 2.05) is 13.8 Å². The topological polar surface area (TPSA) is 55.4 Å². The molecule has 1 rings (SSSR count). The van der Waals surface area contributed by atoms with Crippen molar-refractivity contribution in [3.63, 3.8) is 0 Å². The Morgan fingerprint density at radius 2 is 1.60 bits per heavy atom. The summed E-state index contributed by atoms with van der Waals surface area (Å²) in [6.45, 7) is 8.86. The van der Waals surface area contributed by atoms with Crippen LogP contribution in [0, 0.1) is 0 Å². The van der Waals surface area contributed by atoms with E-state index in [9.17, 15) is 0 Å². The molecule has 0 bridgehead atoms. The first-order valence-corrected chi connectivity index (χ1v) is 7.06. The second kappa shape index (κ2) is 10.5. The SMILES string of the molecule is [2H]CCOCCOCCOCCOC[C@@H]1COC(C)(C)O1. The molecule has 1 heterocycles. The molecule has 6 heteroatoms. The summed E-state index contributed by atoms with van der Waals surface area (Å²) in [5, 5.41) is 0. The van der Waals surface area contributed by atoms with E-state index in [-0.39, 0.29) is 6.10 Å². The summed E-state index contributed by atoms with van der Waals surface area (Å²) in [5.41, 5.74) is 0. The van der Waals surface area contributed by atoms with E-state index >= 15 is 0 Å². The van der Waals surface area contributed by atoms with Gasteiger partial charge in [-0.2, -0.15) is 0 Å². The Bertz CT molecular complexity index is 252. The molecular weight excluding hydrogens is 264 g/mol. The maximum Gasteiger partial charge on any atom is 0.163 e. The van der Waals surface area contributed by atoms with Gasteiger partial charge in [0.05, 0.1) is 52.9 Å². The van der Waals surface area contributed by atoms with E-state index in [0.717, 1.165) is 0 Å². The Hall–Kier alpha value is -0.240. The van der Waals surface area contributed by atoms with E-state index in [1.165, 1.54) is 0 Å². The molecule has 0 spiro atoms. The predicted octanol–water partition coefficient (Wildman–Crippen LogP) is 1.22. The Morgan fingerprint density at radius 1 is 1.00 bits per heavy atom. The zero-order chi connectivity index (χ0) is 15.4. The second-order valence-electron chi connectivity index (χ2n) is 4.86. The van der Waals surface area contributed by atoms with Crippen LogP contribution in [0.2, 0.25) is 0 Å². The fourth-order valence-corrected chi connectivity index (χ4v) is 1.72. The lowest BCUT2D eigenvalue weighted by Gasteiger charge is -2.17. The van der Waals surface area contributed by atoms with Gasteiger partial charge in [0, 0.05) is 7.98 Å².